The highest BCUT2D eigenvalue weighted by molar-refractivity contribution is 5.72. The number of hydrogen-bond acceptors (Lipinski definition) is 6. The molecule has 0 saturated carbocycles. The van der Waals surface area contributed by atoms with Gasteiger partial charge < -0.3 is 23.8 Å². The van der Waals surface area contributed by atoms with Crippen LogP contribution in [0, 0.1) is 0 Å². The summed E-state index contributed by atoms with van der Waals surface area (Å²) in [5.74, 6) is -1.48. The SMILES string of the molecule is CC/C=C/C/C=C/C/C=C/CCCCCCCCCCCCC(=O)OC(COCCC(C(=O)O)[N+](C)(C)C)COC(=O)CCCCCCCCCCC/C=C/C/C=C/C/C=C/CCCCC. The molecule has 0 aromatic heterocycles. The number of nitrogens with zero attached hydrogens (tertiary/aromatic N) is 1. The summed E-state index contributed by atoms with van der Waals surface area (Å²) < 4.78 is 17.4. The summed E-state index contributed by atoms with van der Waals surface area (Å²) in [7, 11) is 5.53. The van der Waals surface area contributed by atoms with Crippen LogP contribution in [-0.2, 0) is 28.6 Å². The van der Waals surface area contributed by atoms with Crippen LogP contribution in [0.3, 0.4) is 0 Å². The normalized spacial score (nSPS) is 13.4. The number of aliphatic carboxylic acids is 1. The molecular formula is C58H102NO7+. The minimum Gasteiger partial charge on any atom is -0.477 e. The van der Waals surface area contributed by atoms with E-state index in [1.165, 1.54) is 122 Å². The van der Waals surface area contributed by atoms with E-state index >= 15 is 0 Å². The third kappa shape index (κ3) is 45.9. The van der Waals surface area contributed by atoms with Gasteiger partial charge in [0.2, 0.25) is 0 Å². The molecule has 0 aliphatic carbocycles. The van der Waals surface area contributed by atoms with E-state index in [2.05, 4.69) is 86.8 Å². The lowest BCUT2D eigenvalue weighted by molar-refractivity contribution is -0.887. The minimum absolute atomic E-state index is 0.0557. The Balaban J connectivity index is 4.23. The van der Waals surface area contributed by atoms with E-state index in [0.29, 0.717) is 19.3 Å². The fourth-order valence-electron chi connectivity index (χ4n) is 7.70. The van der Waals surface area contributed by atoms with Crippen molar-refractivity contribution in [3.8, 4) is 0 Å². The summed E-state index contributed by atoms with van der Waals surface area (Å²) in [5, 5.41) is 9.67. The number of carboxylic acids is 1. The summed E-state index contributed by atoms with van der Waals surface area (Å²) in [6.45, 7) is 4.61. The van der Waals surface area contributed by atoms with Gasteiger partial charge in [0.05, 0.1) is 34.4 Å². The van der Waals surface area contributed by atoms with Gasteiger partial charge in [-0.1, -0.05) is 196 Å². The van der Waals surface area contributed by atoms with E-state index in [1.807, 2.05) is 21.1 Å². The number of allylic oxidation sites excluding steroid dienone is 12. The van der Waals surface area contributed by atoms with E-state index in [0.717, 1.165) is 70.6 Å². The van der Waals surface area contributed by atoms with Gasteiger partial charge in [-0.05, 0) is 83.5 Å². The second kappa shape index (κ2) is 48.2. The Morgan fingerprint density at radius 3 is 1.26 bits per heavy atom. The third-order valence-corrected chi connectivity index (χ3v) is 11.8. The Morgan fingerprint density at radius 1 is 0.470 bits per heavy atom. The Kier molecular flexibility index (Phi) is 45.9. The summed E-state index contributed by atoms with van der Waals surface area (Å²) in [4.78, 5) is 37.2. The molecule has 8 nitrogen and oxygen atoms in total. The molecule has 0 aromatic carbocycles. The molecule has 0 aliphatic rings. The first-order valence-corrected chi connectivity index (χ1v) is 27.0. The van der Waals surface area contributed by atoms with Gasteiger partial charge in [0.15, 0.2) is 12.1 Å². The smallest absolute Gasteiger partial charge is 0.362 e. The van der Waals surface area contributed by atoms with Crippen molar-refractivity contribution in [2.75, 3.05) is 41.0 Å². The maximum atomic E-state index is 12.8. The second-order valence-corrected chi connectivity index (χ2v) is 19.1. The number of hydrogen-bond donors (Lipinski definition) is 1. The topological polar surface area (TPSA) is 99.1 Å². The molecule has 66 heavy (non-hydrogen) atoms. The molecule has 0 bridgehead atoms. The first-order valence-electron chi connectivity index (χ1n) is 27.0. The van der Waals surface area contributed by atoms with Crippen LogP contribution in [0.2, 0.25) is 0 Å². The molecule has 0 rings (SSSR count). The summed E-state index contributed by atoms with van der Waals surface area (Å²) >= 11 is 0. The maximum Gasteiger partial charge on any atom is 0.362 e. The largest absolute Gasteiger partial charge is 0.477 e. The minimum atomic E-state index is -0.877. The molecule has 2 unspecified atom stereocenters. The maximum absolute atomic E-state index is 12.8. The average molecular weight is 925 g/mol. The predicted molar refractivity (Wildman–Crippen MR) is 280 cm³/mol. The van der Waals surface area contributed by atoms with Gasteiger partial charge in [-0.25, -0.2) is 4.79 Å². The zero-order valence-corrected chi connectivity index (χ0v) is 43.4. The van der Waals surface area contributed by atoms with Crippen LogP contribution in [0.25, 0.3) is 0 Å². The number of carbonyl (C=O) groups is 3. The molecule has 0 saturated heterocycles. The number of ether oxygens (including phenoxy) is 3. The van der Waals surface area contributed by atoms with Gasteiger partial charge in [0.25, 0.3) is 0 Å². The van der Waals surface area contributed by atoms with Crippen LogP contribution in [0.5, 0.6) is 0 Å². The molecule has 2 atom stereocenters. The third-order valence-electron chi connectivity index (χ3n) is 11.8. The van der Waals surface area contributed by atoms with Crippen LogP contribution < -0.4 is 0 Å². The first kappa shape index (κ1) is 62.8. The van der Waals surface area contributed by atoms with Crippen molar-refractivity contribution in [2.24, 2.45) is 0 Å². The fraction of sp³-hybridized carbons (Fsp3) is 0.741. The molecule has 0 heterocycles. The van der Waals surface area contributed by atoms with Gasteiger partial charge in [-0.15, -0.1) is 0 Å². The number of rotatable bonds is 48. The Bertz CT molecular complexity index is 1310. The van der Waals surface area contributed by atoms with Crippen LogP contribution >= 0.6 is 0 Å². The monoisotopic (exact) mass is 925 g/mol. The quantitative estimate of drug-likeness (QED) is 0.0281. The van der Waals surface area contributed by atoms with E-state index in [1.54, 1.807) is 0 Å². The van der Waals surface area contributed by atoms with Gasteiger partial charge >= 0.3 is 17.9 Å². The lowest BCUT2D eigenvalue weighted by Crippen LogP contribution is -2.50. The molecule has 0 spiro atoms. The molecule has 0 amide bonds. The highest BCUT2D eigenvalue weighted by Crippen LogP contribution is 2.15. The number of quaternary nitrogens is 1. The highest BCUT2D eigenvalue weighted by atomic mass is 16.6. The fourth-order valence-corrected chi connectivity index (χ4v) is 7.70. The summed E-state index contributed by atoms with van der Waals surface area (Å²) in [6, 6.07) is -0.620. The number of carbonyl (C=O) groups excluding carboxylic acids is 2. The van der Waals surface area contributed by atoms with Gasteiger partial charge in [0, 0.05) is 19.3 Å². The van der Waals surface area contributed by atoms with E-state index in [4.69, 9.17) is 14.2 Å². The Labute approximate surface area is 406 Å². The first-order chi connectivity index (χ1) is 32.1. The number of unbranched alkanes of at least 4 members (excludes halogenated alkanes) is 22. The van der Waals surface area contributed by atoms with E-state index < -0.39 is 18.1 Å². The van der Waals surface area contributed by atoms with Gasteiger partial charge in [-0.2, -0.15) is 0 Å². The zero-order chi connectivity index (χ0) is 48.4. The van der Waals surface area contributed by atoms with Gasteiger partial charge in [0.1, 0.15) is 6.61 Å². The molecule has 0 radical (unpaired) electrons. The summed E-state index contributed by atoms with van der Waals surface area (Å²) in [5.41, 5.74) is 0. The average Bonchev–Trinajstić information content (AvgIpc) is 3.28. The van der Waals surface area contributed by atoms with Crippen molar-refractivity contribution in [1.82, 2.24) is 0 Å². The highest BCUT2D eigenvalue weighted by Gasteiger charge is 2.31. The van der Waals surface area contributed by atoms with Crippen molar-refractivity contribution in [1.29, 1.82) is 0 Å². The Hall–Kier alpha value is -3.23. The number of likely N-dealkylation sites (N-methyl/N-ethyl adjacent to an activating group) is 1. The van der Waals surface area contributed by atoms with Crippen molar-refractivity contribution in [2.45, 2.75) is 238 Å². The molecule has 0 aliphatic heterocycles. The van der Waals surface area contributed by atoms with Crippen LogP contribution in [0.4, 0.5) is 0 Å². The van der Waals surface area contributed by atoms with Crippen molar-refractivity contribution < 1.29 is 38.2 Å². The van der Waals surface area contributed by atoms with Crippen LogP contribution in [0.1, 0.15) is 226 Å². The summed E-state index contributed by atoms with van der Waals surface area (Å²) in [6.07, 6.45) is 62.3. The molecule has 0 fully saturated rings. The molecule has 8 heteroatoms. The molecule has 380 valence electrons. The van der Waals surface area contributed by atoms with E-state index in [-0.39, 0.29) is 36.2 Å². The van der Waals surface area contributed by atoms with Crippen molar-refractivity contribution in [3.05, 3.63) is 72.9 Å². The van der Waals surface area contributed by atoms with Crippen LogP contribution in [-0.4, -0.2) is 80.6 Å². The lowest BCUT2D eigenvalue weighted by Gasteiger charge is -2.31. The van der Waals surface area contributed by atoms with Crippen LogP contribution in [0.15, 0.2) is 72.9 Å². The molecular weight excluding hydrogens is 823 g/mol. The molecule has 1 N–H and O–H groups in total. The molecule has 0 aromatic rings. The zero-order valence-electron chi connectivity index (χ0n) is 43.4. The second-order valence-electron chi connectivity index (χ2n) is 19.1. The van der Waals surface area contributed by atoms with Crippen molar-refractivity contribution in [3.63, 3.8) is 0 Å². The van der Waals surface area contributed by atoms with Gasteiger partial charge in [-0.3, -0.25) is 9.59 Å². The number of carboxylic acid groups (broad SMARTS) is 1. The number of esters is 2. The van der Waals surface area contributed by atoms with Crippen molar-refractivity contribution >= 4 is 17.9 Å². The van der Waals surface area contributed by atoms with E-state index in [9.17, 15) is 19.5 Å². The predicted octanol–water partition coefficient (Wildman–Crippen LogP) is 15.9. The lowest BCUT2D eigenvalue weighted by atomic mass is 10.0. The standard InChI is InChI=1S/C58H101NO7/c1-6-8-10-12-14-16-18-20-22-24-26-28-29-31-32-34-36-38-40-42-44-46-48-56(60)65-53-54(52-64-51-50-55(58(62)63)59(3,4)5)66-57(61)49-47-45-43-41-39-37-35-33-30-27-25-23-21-19-17-15-13-11-9-7-2/h9,11,14-17,20-23,26,28,54-55H,6-8,10,12-13,18-19,24-25,27,29-53H2,1-5H3/p+1/b11-9+,16-14+,17-15+,22-20+,23-21+,28-26+. The Morgan fingerprint density at radius 2 is 0.848 bits per heavy atom.